The maximum Gasteiger partial charge on any atom is 0.197 e. The molecular weight excluding hydrogens is 211 g/mol. The number of carbonyl (C=O) groups excluding carboxylic acids is 1. The Morgan fingerprint density at radius 3 is 2.88 bits per heavy atom. The predicted molar refractivity (Wildman–Crippen MR) is 56.4 cm³/mol. The molecule has 3 nitrogen and oxygen atoms in total. The average Bonchev–Trinajstić information content (AvgIpc) is 2.41. The largest absolute Gasteiger partial charge is 0.489 e. The molecule has 0 bridgehead atoms. The van der Waals surface area contributed by atoms with E-state index in [0.717, 1.165) is 6.42 Å². The quantitative estimate of drug-likeness (QED) is 0.771. The summed E-state index contributed by atoms with van der Waals surface area (Å²) >= 11 is 0. The summed E-state index contributed by atoms with van der Waals surface area (Å²) in [6, 6.07) is 3.00. The van der Waals surface area contributed by atoms with Gasteiger partial charge in [-0.15, -0.1) is 0 Å². The summed E-state index contributed by atoms with van der Waals surface area (Å²) in [6.07, 6.45) is 0.948. The number of carbonyl (C=O) groups is 1. The van der Waals surface area contributed by atoms with Crippen molar-refractivity contribution in [1.82, 2.24) is 0 Å². The second kappa shape index (κ2) is 4.51. The highest BCUT2D eigenvalue weighted by Crippen LogP contribution is 2.33. The Balaban J connectivity index is 2.35. The third-order valence-electron chi connectivity index (χ3n) is 2.32. The molecule has 0 saturated carbocycles. The molecule has 1 aromatic carbocycles. The molecule has 0 saturated heterocycles. The summed E-state index contributed by atoms with van der Waals surface area (Å²) < 4.78 is 24.3. The SMILES string of the molecule is CC(=O)Cc1cc(F)c2c(c1)OCCCO2. The Hall–Kier alpha value is -1.58. The van der Waals surface area contributed by atoms with E-state index in [4.69, 9.17) is 9.47 Å². The van der Waals surface area contributed by atoms with Crippen LogP contribution in [0.25, 0.3) is 0 Å². The lowest BCUT2D eigenvalue weighted by Crippen LogP contribution is -2.00. The second-order valence-corrected chi connectivity index (χ2v) is 3.83. The maximum atomic E-state index is 13.6. The first kappa shape index (κ1) is 10.9. The van der Waals surface area contributed by atoms with Crippen molar-refractivity contribution in [2.24, 2.45) is 0 Å². The van der Waals surface area contributed by atoms with E-state index < -0.39 is 5.82 Å². The number of Topliss-reactive ketones (excluding diaryl/α,β-unsaturated/α-hetero) is 1. The topological polar surface area (TPSA) is 35.5 Å². The summed E-state index contributed by atoms with van der Waals surface area (Å²) in [7, 11) is 0. The van der Waals surface area contributed by atoms with Gasteiger partial charge in [0.25, 0.3) is 0 Å². The molecule has 1 aliphatic rings. The Morgan fingerprint density at radius 2 is 2.12 bits per heavy atom. The van der Waals surface area contributed by atoms with Crippen LogP contribution in [0, 0.1) is 5.82 Å². The van der Waals surface area contributed by atoms with Gasteiger partial charge in [0.15, 0.2) is 17.3 Å². The monoisotopic (exact) mass is 224 g/mol. The number of hydrogen-bond donors (Lipinski definition) is 0. The minimum absolute atomic E-state index is 0.00566. The summed E-state index contributed by atoms with van der Waals surface area (Å²) in [4.78, 5) is 11.0. The van der Waals surface area contributed by atoms with Crippen LogP contribution in [0.2, 0.25) is 0 Å². The summed E-state index contributed by atoms with van der Waals surface area (Å²) in [5.74, 6) is 0.0862. The molecule has 0 aromatic heterocycles. The van der Waals surface area contributed by atoms with E-state index >= 15 is 0 Å². The lowest BCUT2D eigenvalue weighted by molar-refractivity contribution is -0.116. The zero-order valence-electron chi connectivity index (χ0n) is 9.09. The van der Waals surface area contributed by atoms with Gasteiger partial charge < -0.3 is 9.47 Å². The third-order valence-corrected chi connectivity index (χ3v) is 2.32. The molecule has 0 aliphatic carbocycles. The van der Waals surface area contributed by atoms with E-state index in [9.17, 15) is 9.18 Å². The van der Waals surface area contributed by atoms with Crippen LogP contribution in [-0.4, -0.2) is 19.0 Å². The molecule has 1 aliphatic heterocycles. The van der Waals surface area contributed by atoms with Crippen LogP contribution >= 0.6 is 0 Å². The number of hydrogen-bond acceptors (Lipinski definition) is 3. The van der Waals surface area contributed by atoms with Gasteiger partial charge >= 0.3 is 0 Å². The van der Waals surface area contributed by atoms with Crippen LogP contribution in [-0.2, 0) is 11.2 Å². The van der Waals surface area contributed by atoms with E-state index in [1.54, 1.807) is 6.07 Å². The molecule has 86 valence electrons. The standard InChI is InChI=1S/C12H13FO3/c1-8(14)5-9-6-10(13)12-11(7-9)15-3-2-4-16-12/h6-7H,2-5H2,1H3. The first-order valence-corrected chi connectivity index (χ1v) is 5.24. The lowest BCUT2D eigenvalue weighted by atomic mass is 10.1. The van der Waals surface area contributed by atoms with Gasteiger partial charge in [-0.3, -0.25) is 4.79 Å². The van der Waals surface area contributed by atoms with Crippen LogP contribution in [0.4, 0.5) is 4.39 Å². The summed E-state index contributed by atoms with van der Waals surface area (Å²) in [6.45, 7) is 2.44. The van der Waals surface area contributed by atoms with Crippen LogP contribution < -0.4 is 9.47 Å². The molecule has 4 heteroatoms. The maximum absolute atomic E-state index is 13.6. The van der Waals surface area contributed by atoms with Crippen molar-refractivity contribution in [1.29, 1.82) is 0 Å². The van der Waals surface area contributed by atoms with Crippen molar-refractivity contribution in [3.05, 3.63) is 23.5 Å². The Morgan fingerprint density at radius 1 is 1.38 bits per heavy atom. The highest BCUT2D eigenvalue weighted by atomic mass is 19.1. The van der Waals surface area contributed by atoms with E-state index in [1.807, 2.05) is 0 Å². The van der Waals surface area contributed by atoms with E-state index in [0.29, 0.717) is 24.5 Å². The normalized spacial score (nSPS) is 14.4. The third kappa shape index (κ3) is 2.32. The van der Waals surface area contributed by atoms with Gasteiger partial charge in [0.1, 0.15) is 5.78 Å². The molecule has 0 radical (unpaired) electrons. The second-order valence-electron chi connectivity index (χ2n) is 3.83. The molecule has 0 unspecified atom stereocenters. The molecular formula is C12H13FO3. The van der Waals surface area contributed by atoms with Crippen molar-refractivity contribution < 1.29 is 18.7 Å². The summed E-state index contributed by atoms with van der Waals surface area (Å²) in [5, 5.41) is 0. The highest BCUT2D eigenvalue weighted by Gasteiger charge is 2.17. The molecule has 0 atom stereocenters. The first-order valence-electron chi connectivity index (χ1n) is 5.24. The van der Waals surface area contributed by atoms with Gasteiger partial charge in [-0.2, -0.15) is 0 Å². The van der Waals surface area contributed by atoms with Gasteiger partial charge in [0, 0.05) is 12.8 Å². The van der Waals surface area contributed by atoms with Crippen molar-refractivity contribution in [3.8, 4) is 11.5 Å². The molecule has 0 N–H and O–H groups in total. The van der Waals surface area contributed by atoms with E-state index in [-0.39, 0.29) is 18.0 Å². The van der Waals surface area contributed by atoms with Crippen LogP contribution in [0.5, 0.6) is 11.5 Å². The Kier molecular flexibility index (Phi) is 3.08. The fraction of sp³-hybridized carbons (Fsp3) is 0.417. The number of benzene rings is 1. The molecule has 16 heavy (non-hydrogen) atoms. The van der Waals surface area contributed by atoms with Gasteiger partial charge in [0.05, 0.1) is 13.2 Å². The zero-order chi connectivity index (χ0) is 11.5. The number of ketones is 1. The van der Waals surface area contributed by atoms with Crippen molar-refractivity contribution in [3.63, 3.8) is 0 Å². The van der Waals surface area contributed by atoms with E-state index in [1.165, 1.54) is 13.0 Å². The lowest BCUT2D eigenvalue weighted by Gasteiger charge is -2.09. The smallest absolute Gasteiger partial charge is 0.197 e. The first-order chi connectivity index (χ1) is 7.66. The average molecular weight is 224 g/mol. The number of ether oxygens (including phenoxy) is 2. The van der Waals surface area contributed by atoms with Gasteiger partial charge in [0.2, 0.25) is 0 Å². The molecule has 1 aromatic rings. The fourth-order valence-corrected chi connectivity index (χ4v) is 1.67. The molecule has 0 spiro atoms. The zero-order valence-corrected chi connectivity index (χ0v) is 9.09. The fourth-order valence-electron chi connectivity index (χ4n) is 1.67. The number of halogens is 1. The van der Waals surface area contributed by atoms with Crippen LogP contribution in [0.15, 0.2) is 12.1 Å². The Labute approximate surface area is 93.2 Å². The van der Waals surface area contributed by atoms with Crippen molar-refractivity contribution in [2.45, 2.75) is 19.8 Å². The van der Waals surface area contributed by atoms with Crippen LogP contribution in [0.3, 0.4) is 0 Å². The minimum Gasteiger partial charge on any atom is -0.489 e. The van der Waals surface area contributed by atoms with E-state index in [2.05, 4.69) is 0 Å². The minimum atomic E-state index is -0.462. The molecule has 0 amide bonds. The van der Waals surface area contributed by atoms with Crippen molar-refractivity contribution in [2.75, 3.05) is 13.2 Å². The van der Waals surface area contributed by atoms with Crippen LogP contribution in [0.1, 0.15) is 18.9 Å². The molecule has 0 fully saturated rings. The highest BCUT2D eigenvalue weighted by molar-refractivity contribution is 5.78. The number of fused-ring (bicyclic) bond motifs is 1. The Bertz CT molecular complexity index is 415. The predicted octanol–water partition coefficient (Wildman–Crippen LogP) is 2.12. The van der Waals surface area contributed by atoms with Gasteiger partial charge in [-0.1, -0.05) is 0 Å². The van der Waals surface area contributed by atoms with Gasteiger partial charge in [-0.05, 0) is 24.6 Å². The van der Waals surface area contributed by atoms with Gasteiger partial charge in [-0.25, -0.2) is 4.39 Å². The summed E-state index contributed by atoms with van der Waals surface area (Å²) in [5.41, 5.74) is 0.620. The molecule has 2 rings (SSSR count). The number of rotatable bonds is 2. The van der Waals surface area contributed by atoms with Crippen molar-refractivity contribution >= 4 is 5.78 Å². The molecule has 1 heterocycles.